The maximum atomic E-state index is 12.7. The van der Waals surface area contributed by atoms with E-state index in [2.05, 4.69) is 9.72 Å². The van der Waals surface area contributed by atoms with Crippen LogP contribution in [-0.4, -0.2) is 12.1 Å². The van der Waals surface area contributed by atoms with E-state index in [-0.39, 0.29) is 0 Å². The Morgan fingerprint density at radius 3 is 2.35 bits per heavy atom. The van der Waals surface area contributed by atoms with Crippen LogP contribution in [0, 0.1) is 0 Å². The molecule has 1 aromatic heterocycles. The van der Waals surface area contributed by atoms with Crippen LogP contribution in [0.3, 0.4) is 0 Å². The second-order valence-electron chi connectivity index (χ2n) is 3.07. The van der Waals surface area contributed by atoms with E-state index in [0.29, 0.717) is 6.20 Å². The number of alkyl halides is 5. The highest BCUT2D eigenvalue weighted by atomic mass is 19.4. The zero-order valence-corrected chi connectivity index (χ0v) is 8.68. The minimum atomic E-state index is -4.83. The number of methoxy groups -OCH3 is 1. The van der Waals surface area contributed by atoms with Gasteiger partial charge in [0.05, 0.1) is 18.9 Å². The third kappa shape index (κ3) is 2.63. The van der Waals surface area contributed by atoms with E-state index in [1.807, 2.05) is 0 Å². The summed E-state index contributed by atoms with van der Waals surface area (Å²) in [4.78, 5) is 3.07. The molecule has 1 heterocycles. The van der Waals surface area contributed by atoms with Crippen molar-refractivity contribution < 1.29 is 26.7 Å². The molecule has 0 fully saturated rings. The van der Waals surface area contributed by atoms with Gasteiger partial charge in [0, 0.05) is 12.1 Å². The summed E-state index contributed by atoms with van der Waals surface area (Å²) in [5.74, 6) is -0.409. The molecule has 1 rings (SSSR count). The number of hydrogen-bond donors (Lipinski definition) is 1. The predicted molar refractivity (Wildman–Crippen MR) is 48.6 cm³/mol. The lowest BCUT2D eigenvalue weighted by molar-refractivity contribution is -0.142. The zero-order chi connectivity index (χ0) is 13.2. The molecule has 0 amide bonds. The van der Waals surface area contributed by atoms with Crippen molar-refractivity contribution in [1.29, 1.82) is 0 Å². The Morgan fingerprint density at radius 2 is 2.00 bits per heavy atom. The van der Waals surface area contributed by atoms with Gasteiger partial charge in [-0.1, -0.05) is 0 Å². The first-order chi connectivity index (χ1) is 7.82. The second kappa shape index (κ2) is 4.82. The van der Waals surface area contributed by atoms with Gasteiger partial charge in [0.1, 0.15) is 11.4 Å². The van der Waals surface area contributed by atoms with Crippen LogP contribution in [0.2, 0.25) is 0 Å². The normalized spacial score (nSPS) is 12.0. The minimum Gasteiger partial charge on any atom is -0.495 e. The monoisotopic (exact) mass is 256 g/mol. The van der Waals surface area contributed by atoms with Gasteiger partial charge in [0.15, 0.2) is 0 Å². The van der Waals surface area contributed by atoms with Crippen LogP contribution in [0.1, 0.15) is 23.2 Å². The van der Waals surface area contributed by atoms with Crippen LogP contribution in [-0.2, 0) is 12.7 Å². The molecule has 0 radical (unpaired) electrons. The van der Waals surface area contributed by atoms with Crippen LogP contribution < -0.4 is 10.5 Å². The van der Waals surface area contributed by atoms with Crippen molar-refractivity contribution in [3.05, 3.63) is 23.0 Å². The molecule has 0 unspecified atom stereocenters. The standard InChI is InChI=1S/C9H9F5N2O/c1-17-5-3-16-7(9(12,13)14)4(2-15)6(5)8(10)11/h3,8H,2,15H2,1H3. The Balaban J connectivity index is 3.52. The first-order valence-electron chi connectivity index (χ1n) is 4.44. The van der Waals surface area contributed by atoms with E-state index in [4.69, 9.17) is 5.73 Å². The lowest BCUT2D eigenvalue weighted by atomic mass is 10.1. The summed E-state index contributed by atoms with van der Waals surface area (Å²) in [6, 6.07) is 0. The Bertz CT molecular complexity index is 405. The average Bonchev–Trinajstić information content (AvgIpc) is 2.25. The SMILES string of the molecule is COc1cnc(C(F)(F)F)c(CN)c1C(F)F. The maximum Gasteiger partial charge on any atom is 0.433 e. The molecule has 0 aliphatic heterocycles. The molecule has 2 N–H and O–H groups in total. The van der Waals surface area contributed by atoms with Gasteiger partial charge in [0.25, 0.3) is 6.43 Å². The van der Waals surface area contributed by atoms with Crippen molar-refractivity contribution in [2.24, 2.45) is 5.73 Å². The fraction of sp³-hybridized carbons (Fsp3) is 0.444. The molecule has 17 heavy (non-hydrogen) atoms. The number of rotatable bonds is 3. The van der Waals surface area contributed by atoms with E-state index in [0.717, 1.165) is 7.11 Å². The van der Waals surface area contributed by atoms with Gasteiger partial charge in [-0.3, -0.25) is 0 Å². The number of aromatic nitrogens is 1. The van der Waals surface area contributed by atoms with Gasteiger partial charge < -0.3 is 10.5 Å². The average molecular weight is 256 g/mol. The Kier molecular flexibility index (Phi) is 3.87. The Hall–Kier alpha value is -1.44. The molecule has 0 aliphatic carbocycles. The number of hydrogen-bond acceptors (Lipinski definition) is 3. The zero-order valence-electron chi connectivity index (χ0n) is 8.68. The number of ether oxygens (including phenoxy) is 1. The molecule has 0 bridgehead atoms. The van der Waals surface area contributed by atoms with E-state index in [9.17, 15) is 22.0 Å². The van der Waals surface area contributed by atoms with Gasteiger partial charge in [-0.2, -0.15) is 13.2 Å². The lowest BCUT2D eigenvalue weighted by Crippen LogP contribution is -2.17. The summed E-state index contributed by atoms with van der Waals surface area (Å²) in [6.45, 7) is -0.696. The second-order valence-corrected chi connectivity index (χ2v) is 3.07. The quantitative estimate of drug-likeness (QED) is 0.845. The van der Waals surface area contributed by atoms with Gasteiger partial charge in [-0.05, 0) is 0 Å². The first kappa shape index (κ1) is 13.6. The molecule has 1 aromatic rings. The molecule has 0 spiro atoms. The van der Waals surface area contributed by atoms with Crippen LogP contribution in [0.4, 0.5) is 22.0 Å². The summed E-state index contributed by atoms with van der Waals surface area (Å²) in [6.07, 6.45) is -7.33. The van der Waals surface area contributed by atoms with Crippen LogP contribution >= 0.6 is 0 Å². The minimum absolute atomic E-state index is 0.409. The predicted octanol–water partition coefficient (Wildman–Crippen LogP) is 2.51. The number of pyridine rings is 1. The van der Waals surface area contributed by atoms with Crippen molar-refractivity contribution in [2.45, 2.75) is 19.1 Å². The van der Waals surface area contributed by atoms with Gasteiger partial charge in [-0.25, -0.2) is 13.8 Å². The third-order valence-corrected chi connectivity index (χ3v) is 2.10. The Labute approximate surface area is 93.4 Å². The molecule has 0 aliphatic rings. The van der Waals surface area contributed by atoms with Gasteiger partial charge in [0.2, 0.25) is 0 Å². The fourth-order valence-corrected chi connectivity index (χ4v) is 1.40. The summed E-state index contributed by atoms with van der Waals surface area (Å²) in [7, 11) is 1.07. The van der Waals surface area contributed by atoms with Crippen LogP contribution in [0.25, 0.3) is 0 Å². The van der Waals surface area contributed by atoms with Gasteiger partial charge >= 0.3 is 6.18 Å². The highest BCUT2D eigenvalue weighted by Crippen LogP contribution is 2.38. The van der Waals surface area contributed by atoms with E-state index in [1.54, 1.807) is 0 Å². The van der Waals surface area contributed by atoms with E-state index in [1.165, 1.54) is 0 Å². The molecule has 0 aromatic carbocycles. The van der Waals surface area contributed by atoms with Crippen LogP contribution in [0.5, 0.6) is 5.75 Å². The van der Waals surface area contributed by atoms with E-state index >= 15 is 0 Å². The van der Waals surface area contributed by atoms with Crippen molar-refractivity contribution in [3.8, 4) is 5.75 Å². The maximum absolute atomic E-state index is 12.7. The van der Waals surface area contributed by atoms with Crippen LogP contribution in [0.15, 0.2) is 6.20 Å². The highest BCUT2D eigenvalue weighted by molar-refractivity contribution is 5.42. The first-order valence-corrected chi connectivity index (χ1v) is 4.44. The van der Waals surface area contributed by atoms with Crippen molar-refractivity contribution in [1.82, 2.24) is 4.98 Å². The number of nitrogens with zero attached hydrogens (tertiary/aromatic N) is 1. The molecular formula is C9H9F5N2O. The third-order valence-electron chi connectivity index (χ3n) is 2.10. The molecule has 96 valence electrons. The fourth-order valence-electron chi connectivity index (χ4n) is 1.40. The number of halogens is 5. The van der Waals surface area contributed by atoms with Crippen molar-refractivity contribution in [2.75, 3.05) is 7.11 Å². The van der Waals surface area contributed by atoms with Gasteiger partial charge in [-0.15, -0.1) is 0 Å². The van der Waals surface area contributed by atoms with Crippen molar-refractivity contribution in [3.63, 3.8) is 0 Å². The molecule has 8 heteroatoms. The summed E-state index contributed by atoms with van der Waals surface area (Å²) < 4.78 is 67.5. The lowest BCUT2D eigenvalue weighted by Gasteiger charge is -2.16. The van der Waals surface area contributed by atoms with E-state index < -0.39 is 41.7 Å². The molecule has 3 nitrogen and oxygen atoms in total. The smallest absolute Gasteiger partial charge is 0.433 e. The summed E-state index contributed by atoms with van der Waals surface area (Å²) >= 11 is 0. The Morgan fingerprint density at radius 1 is 1.41 bits per heavy atom. The molecular weight excluding hydrogens is 247 g/mol. The molecule has 0 saturated heterocycles. The number of nitrogens with two attached hydrogens (primary N) is 1. The highest BCUT2D eigenvalue weighted by Gasteiger charge is 2.38. The van der Waals surface area contributed by atoms with Crippen molar-refractivity contribution >= 4 is 0 Å². The topological polar surface area (TPSA) is 48.1 Å². The molecule has 0 saturated carbocycles. The summed E-state index contributed by atoms with van der Waals surface area (Å²) in [5, 5.41) is 0. The largest absolute Gasteiger partial charge is 0.495 e. The molecule has 0 atom stereocenters. The summed E-state index contributed by atoms with van der Waals surface area (Å²) in [5.41, 5.74) is 2.07.